The maximum atomic E-state index is 5.37. The van der Waals surface area contributed by atoms with E-state index in [0.717, 1.165) is 35.0 Å². The number of nitrogens with zero attached hydrogens (tertiary/aromatic N) is 2. The second-order valence-corrected chi connectivity index (χ2v) is 4.28. The largest absolute Gasteiger partial charge is 0.497 e. The van der Waals surface area contributed by atoms with Crippen molar-refractivity contribution in [3.8, 4) is 11.5 Å². The van der Waals surface area contributed by atoms with Gasteiger partial charge in [-0.05, 0) is 18.6 Å². The van der Waals surface area contributed by atoms with E-state index in [9.17, 15) is 0 Å². The minimum absolute atomic E-state index is 0.632. The fourth-order valence-electron chi connectivity index (χ4n) is 1.87. The van der Waals surface area contributed by atoms with E-state index in [4.69, 9.17) is 9.47 Å². The summed E-state index contributed by atoms with van der Waals surface area (Å²) in [6, 6.07) is 7.72. The van der Waals surface area contributed by atoms with Crippen LogP contribution in [-0.2, 0) is 13.0 Å². The first-order valence-corrected chi connectivity index (χ1v) is 6.52. The number of hydrogen-bond donors (Lipinski definition) is 1. The van der Waals surface area contributed by atoms with Crippen LogP contribution in [0.4, 0.5) is 5.82 Å². The predicted molar refractivity (Wildman–Crippen MR) is 78.3 cm³/mol. The summed E-state index contributed by atoms with van der Waals surface area (Å²) in [7, 11) is 3.29. The molecule has 0 spiro atoms. The quantitative estimate of drug-likeness (QED) is 0.877. The van der Waals surface area contributed by atoms with Gasteiger partial charge in [-0.15, -0.1) is 0 Å². The number of aromatic nitrogens is 2. The normalized spacial score (nSPS) is 10.2. The lowest BCUT2D eigenvalue weighted by atomic mass is 10.2. The van der Waals surface area contributed by atoms with Crippen molar-refractivity contribution < 1.29 is 9.47 Å². The van der Waals surface area contributed by atoms with Crippen LogP contribution in [0, 0.1) is 0 Å². The molecule has 0 bridgehead atoms. The average Bonchev–Trinajstić information content (AvgIpc) is 2.52. The van der Waals surface area contributed by atoms with Crippen LogP contribution in [0.5, 0.6) is 11.5 Å². The number of hydrogen-bond acceptors (Lipinski definition) is 5. The first kappa shape index (κ1) is 14.1. The Kier molecular flexibility index (Phi) is 4.76. The van der Waals surface area contributed by atoms with E-state index in [2.05, 4.69) is 22.2 Å². The summed E-state index contributed by atoms with van der Waals surface area (Å²) < 4.78 is 10.6. The molecule has 0 saturated carbocycles. The molecule has 20 heavy (non-hydrogen) atoms. The monoisotopic (exact) mass is 273 g/mol. The van der Waals surface area contributed by atoms with Crippen LogP contribution in [0.2, 0.25) is 0 Å². The predicted octanol–water partition coefficient (Wildman–Crippen LogP) is 2.67. The molecule has 5 nitrogen and oxygen atoms in total. The molecule has 0 aliphatic heterocycles. The van der Waals surface area contributed by atoms with Gasteiger partial charge < -0.3 is 14.8 Å². The van der Waals surface area contributed by atoms with Crippen LogP contribution < -0.4 is 14.8 Å². The lowest BCUT2D eigenvalue weighted by Gasteiger charge is -2.11. The minimum Gasteiger partial charge on any atom is -0.497 e. The Balaban J connectivity index is 2.10. The van der Waals surface area contributed by atoms with Crippen molar-refractivity contribution in [3.05, 3.63) is 41.9 Å². The SMILES string of the molecule is CCc1cc(NCc2ccc(OC)cc2OC)ncn1. The Hall–Kier alpha value is -2.30. The Labute approximate surface area is 119 Å². The second kappa shape index (κ2) is 6.75. The van der Waals surface area contributed by atoms with Gasteiger partial charge in [0.15, 0.2) is 0 Å². The van der Waals surface area contributed by atoms with Crippen molar-refractivity contribution in [1.82, 2.24) is 9.97 Å². The van der Waals surface area contributed by atoms with Gasteiger partial charge in [0, 0.05) is 29.9 Å². The topological polar surface area (TPSA) is 56.3 Å². The van der Waals surface area contributed by atoms with Crippen molar-refractivity contribution >= 4 is 5.82 Å². The number of ether oxygens (including phenoxy) is 2. The highest BCUT2D eigenvalue weighted by Crippen LogP contribution is 2.25. The Bertz CT molecular complexity index is 573. The van der Waals surface area contributed by atoms with Crippen LogP contribution in [0.15, 0.2) is 30.6 Å². The molecule has 0 aliphatic rings. The van der Waals surface area contributed by atoms with Crippen LogP contribution in [0.3, 0.4) is 0 Å². The van der Waals surface area contributed by atoms with E-state index in [1.165, 1.54) is 0 Å². The molecule has 0 atom stereocenters. The van der Waals surface area contributed by atoms with E-state index in [1.807, 2.05) is 24.3 Å². The molecule has 1 N–H and O–H groups in total. The van der Waals surface area contributed by atoms with Crippen LogP contribution in [0.25, 0.3) is 0 Å². The smallest absolute Gasteiger partial charge is 0.129 e. The van der Waals surface area contributed by atoms with Crippen LogP contribution in [0.1, 0.15) is 18.2 Å². The number of aryl methyl sites for hydroxylation is 1. The van der Waals surface area contributed by atoms with E-state index < -0.39 is 0 Å². The number of methoxy groups -OCH3 is 2. The number of nitrogens with one attached hydrogen (secondary N) is 1. The van der Waals surface area contributed by atoms with Crippen molar-refractivity contribution in [1.29, 1.82) is 0 Å². The van der Waals surface area contributed by atoms with Crippen molar-refractivity contribution in [2.75, 3.05) is 19.5 Å². The molecule has 1 heterocycles. The van der Waals surface area contributed by atoms with Crippen LogP contribution >= 0.6 is 0 Å². The highest BCUT2D eigenvalue weighted by Gasteiger charge is 2.05. The van der Waals surface area contributed by atoms with Gasteiger partial charge in [0.2, 0.25) is 0 Å². The third-order valence-corrected chi connectivity index (χ3v) is 3.04. The van der Waals surface area contributed by atoms with E-state index >= 15 is 0 Å². The maximum absolute atomic E-state index is 5.37. The highest BCUT2D eigenvalue weighted by atomic mass is 16.5. The van der Waals surface area contributed by atoms with Gasteiger partial charge in [-0.2, -0.15) is 0 Å². The lowest BCUT2D eigenvalue weighted by Crippen LogP contribution is -2.04. The number of benzene rings is 1. The summed E-state index contributed by atoms with van der Waals surface area (Å²) in [5.74, 6) is 2.39. The summed E-state index contributed by atoms with van der Waals surface area (Å²) in [6.07, 6.45) is 2.47. The molecule has 5 heteroatoms. The highest BCUT2D eigenvalue weighted by molar-refractivity contribution is 5.44. The summed E-state index contributed by atoms with van der Waals surface area (Å²) in [6.45, 7) is 2.70. The third kappa shape index (κ3) is 3.38. The molecule has 2 rings (SSSR count). The number of rotatable bonds is 6. The fourth-order valence-corrected chi connectivity index (χ4v) is 1.87. The zero-order valence-electron chi connectivity index (χ0n) is 12.0. The Morgan fingerprint density at radius 1 is 1.10 bits per heavy atom. The van der Waals surface area contributed by atoms with E-state index in [-0.39, 0.29) is 0 Å². The first-order chi connectivity index (χ1) is 9.76. The summed E-state index contributed by atoms with van der Waals surface area (Å²) in [4.78, 5) is 8.38. The van der Waals surface area contributed by atoms with Gasteiger partial charge in [-0.25, -0.2) is 9.97 Å². The van der Waals surface area contributed by atoms with Gasteiger partial charge in [-0.3, -0.25) is 0 Å². The molecule has 0 saturated heterocycles. The van der Waals surface area contributed by atoms with Gasteiger partial charge >= 0.3 is 0 Å². The Morgan fingerprint density at radius 2 is 1.95 bits per heavy atom. The standard InChI is InChI=1S/C15H19N3O2/c1-4-12-7-15(18-10-17-12)16-9-11-5-6-13(19-2)8-14(11)20-3/h5-8,10H,4,9H2,1-3H3,(H,16,17,18). The van der Waals surface area contributed by atoms with Crippen molar-refractivity contribution in [3.63, 3.8) is 0 Å². The zero-order valence-corrected chi connectivity index (χ0v) is 12.0. The molecule has 0 aliphatic carbocycles. The third-order valence-electron chi connectivity index (χ3n) is 3.04. The van der Waals surface area contributed by atoms with Crippen LogP contribution in [-0.4, -0.2) is 24.2 Å². The molecule has 0 radical (unpaired) electrons. The molecule has 1 aromatic heterocycles. The van der Waals surface area contributed by atoms with E-state index in [1.54, 1.807) is 20.5 Å². The van der Waals surface area contributed by atoms with Gasteiger partial charge in [0.1, 0.15) is 23.6 Å². The second-order valence-electron chi connectivity index (χ2n) is 4.28. The van der Waals surface area contributed by atoms with Gasteiger partial charge in [0.05, 0.1) is 14.2 Å². The summed E-state index contributed by atoms with van der Waals surface area (Å²) in [5.41, 5.74) is 2.06. The molecular weight excluding hydrogens is 254 g/mol. The fraction of sp³-hybridized carbons (Fsp3) is 0.333. The molecule has 0 amide bonds. The number of anilines is 1. The van der Waals surface area contributed by atoms with Gasteiger partial charge in [-0.1, -0.05) is 6.92 Å². The summed E-state index contributed by atoms with van der Waals surface area (Å²) in [5, 5.41) is 3.28. The van der Waals surface area contributed by atoms with Crippen molar-refractivity contribution in [2.24, 2.45) is 0 Å². The average molecular weight is 273 g/mol. The first-order valence-electron chi connectivity index (χ1n) is 6.52. The van der Waals surface area contributed by atoms with Crippen molar-refractivity contribution in [2.45, 2.75) is 19.9 Å². The zero-order chi connectivity index (χ0) is 14.4. The molecule has 1 aromatic carbocycles. The molecule has 106 valence electrons. The minimum atomic E-state index is 0.632. The summed E-state index contributed by atoms with van der Waals surface area (Å²) >= 11 is 0. The van der Waals surface area contributed by atoms with Gasteiger partial charge in [0.25, 0.3) is 0 Å². The Morgan fingerprint density at radius 3 is 2.65 bits per heavy atom. The molecule has 0 unspecified atom stereocenters. The maximum Gasteiger partial charge on any atom is 0.129 e. The molecular formula is C15H19N3O2. The molecule has 0 fully saturated rings. The lowest BCUT2D eigenvalue weighted by molar-refractivity contribution is 0.391. The van der Waals surface area contributed by atoms with E-state index in [0.29, 0.717) is 6.54 Å². The molecule has 2 aromatic rings.